The number of halogens is 3. The van der Waals surface area contributed by atoms with Gasteiger partial charge in [-0.05, 0) is 67.9 Å². The van der Waals surface area contributed by atoms with Crippen molar-refractivity contribution in [3.63, 3.8) is 0 Å². The van der Waals surface area contributed by atoms with E-state index in [0.29, 0.717) is 22.2 Å². The Morgan fingerprint density at radius 3 is 2.24 bits per heavy atom. The van der Waals surface area contributed by atoms with Crippen molar-refractivity contribution in [1.29, 1.82) is 0 Å². The third-order valence-corrected chi connectivity index (χ3v) is 7.97. The molecule has 2 amide bonds. The molecule has 0 aromatic heterocycles. The fourth-order valence-electron chi connectivity index (χ4n) is 3.59. The molecule has 11 heteroatoms. The first kappa shape index (κ1) is 28.4. The molecule has 0 spiro atoms. The van der Waals surface area contributed by atoms with Gasteiger partial charge in [0.15, 0.2) is 0 Å². The number of carbonyl (C=O) groups is 2. The first-order valence-electron chi connectivity index (χ1n) is 11.4. The number of nitrogens with zero attached hydrogens (tertiary/aromatic N) is 2. The minimum Gasteiger partial charge on any atom is -0.355 e. The van der Waals surface area contributed by atoms with E-state index in [9.17, 15) is 22.4 Å². The number of hydrogen-bond donors (Lipinski definition) is 1. The van der Waals surface area contributed by atoms with Crippen molar-refractivity contribution in [2.45, 2.75) is 31.3 Å². The van der Waals surface area contributed by atoms with Crippen molar-refractivity contribution in [2.24, 2.45) is 0 Å². The Kier molecular flexibility index (Phi) is 9.53. The predicted octanol–water partition coefficient (Wildman–Crippen LogP) is 4.88. The van der Waals surface area contributed by atoms with Crippen LogP contribution in [-0.4, -0.2) is 44.3 Å². The molecule has 7 nitrogen and oxygen atoms in total. The molecule has 1 atom stereocenters. The average Bonchev–Trinajstić information content (AvgIpc) is 2.87. The lowest BCUT2D eigenvalue weighted by Gasteiger charge is -2.32. The van der Waals surface area contributed by atoms with Crippen LogP contribution in [0.2, 0.25) is 10.0 Å². The third kappa shape index (κ3) is 7.00. The maximum atomic E-state index is 13.7. The third-order valence-electron chi connectivity index (χ3n) is 5.60. The van der Waals surface area contributed by atoms with Crippen LogP contribution in [0.25, 0.3) is 0 Å². The highest BCUT2D eigenvalue weighted by Gasteiger charge is 2.32. The van der Waals surface area contributed by atoms with Gasteiger partial charge in [-0.15, -0.1) is 0 Å². The van der Waals surface area contributed by atoms with Gasteiger partial charge in [0, 0.05) is 23.1 Å². The van der Waals surface area contributed by atoms with E-state index in [0.717, 1.165) is 28.6 Å². The summed E-state index contributed by atoms with van der Waals surface area (Å²) in [4.78, 5) is 27.5. The summed E-state index contributed by atoms with van der Waals surface area (Å²) >= 11 is 12.3. The number of hydrogen-bond acceptors (Lipinski definition) is 4. The van der Waals surface area contributed by atoms with Crippen molar-refractivity contribution in [3.05, 3.63) is 94.2 Å². The van der Waals surface area contributed by atoms with Gasteiger partial charge >= 0.3 is 0 Å². The zero-order valence-corrected chi connectivity index (χ0v) is 22.5. The van der Waals surface area contributed by atoms with Gasteiger partial charge in [0.05, 0.1) is 10.6 Å². The summed E-state index contributed by atoms with van der Waals surface area (Å²) in [5, 5.41) is 3.39. The number of sulfonamides is 1. The maximum absolute atomic E-state index is 13.7. The zero-order valence-electron chi connectivity index (χ0n) is 20.2. The molecule has 0 saturated carbocycles. The van der Waals surface area contributed by atoms with Crippen molar-refractivity contribution >= 4 is 50.7 Å². The molecule has 0 saturated heterocycles. The van der Waals surface area contributed by atoms with Crippen molar-refractivity contribution < 1.29 is 22.4 Å². The van der Waals surface area contributed by atoms with E-state index in [2.05, 4.69) is 5.32 Å². The highest BCUT2D eigenvalue weighted by Crippen LogP contribution is 2.26. The molecule has 1 N–H and O–H groups in total. The molecular weight excluding hydrogens is 540 g/mol. The van der Waals surface area contributed by atoms with E-state index < -0.39 is 40.2 Å². The van der Waals surface area contributed by atoms with Crippen molar-refractivity contribution in [2.75, 3.05) is 17.4 Å². The molecule has 0 bridgehead atoms. The van der Waals surface area contributed by atoms with Gasteiger partial charge in [-0.3, -0.25) is 13.9 Å². The molecule has 0 aliphatic heterocycles. The Balaban J connectivity index is 2.02. The van der Waals surface area contributed by atoms with Crippen LogP contribution in [0, 0.1) is 5.82 Å². The largest absolute Gasteiger partial charge is 0.355 e. The average molecular weight is 566 g/mol. The van der Waals surface area contributed by atoms with Gasteiger partial charge in [-0.1, -0.05) is 47.5 Å². The minimum absolute atomic E-state index is 0.0631. The van der Waals surface area contributed by atoms with E-state index in [1.807, 2.05) is 0 Å². The Morgan fingerprint density at radius 2 is 1.65 bits per heavy atom. The monoisotopic (exact) mass is 565 g/mol. The van der Waals surface area contributed by atoms with Gasteiger partial charge < -0.3 is 10.2 Å². The summed E-state index contributed by atoms with van der Waals surface area (Å²) in [6.07, 6.45) is 0. The van der Waals surface area contributed by atoms with Gasteiger partial charge in [0.1, 0.15) is 18.4 Å². The number of nitrogens with one attached hydrogen (secondary N) is 1. The van der Waals surface area contributed by atoms with E-state index in [-0.39, 0.29) is 17.1 Å². The maximum Gasteiger partial charge on any atom is 0.264 e. The first-order chi connectivity index (χ1) is 17.5. The minimum atomic E-state index is -4.27. The summed E-state index contributed by atoms with van der Waals surface area (Å²) in [6, 6.07) is 16.2. The number of benzene rings is 3. The lowest BCUT2D eigenvalue weighted by Crippen LogP contribution is -2.51. The molecule has 0 aliphatic rings. The molecule has 3 aromatic rings. The summed E-state index contributed by atoms with van der Waals surface area (Å²) in [5.41, 5.74) is 0.763. The second-order valence-electron chi connectivity index (χ2n) is 8.13. The van der Waals surface area contributed by atoms with Crippen LogP contribution in [0.4, 0.5) is 10.1 Å². The summed E-state index contributed by atoms with van der Waals surface area (Å²) < 4.78 is 41.6. The van der Waals surface area contributed by atoms with E-state index >= 15 is 0 Å². The quantitative estimate of drug-likeness (QED) is 0.379. The van der Waals surface area contributed by atoms with Crippen LogP contribution in [0.5, 0.6) is 0 Å². The molecule has 3 rings (SSSR count). The molecule has 0 aliphatic carbocycles. The fourth-order valence-corrected chi connectivity index (χ4v) is 5.48. The van der Waals surface area contributed by atoms with Crippen molar-refractivity contribution in [1.82, 2.24) is 10.2 Å². The topological polar surface area (TPSA) is 86.8 Å². The Labute approximate surface area is 225 Å². The van der Waals surface area contributed by atoms with Crippen LogP contribution in [0.3, 0.4) is 0 Å². The molecule has 37 heavy (non-hydrogen) atoms. The lowest BCUT2D eigenvalue weighted by atomic mass is 10.1. The van der Waals surface area contributed by atoms with Crippen LogP contribution in [0.1, 0.15) is 19.4 Å². The lowest BCUT2D eigenvalue weighted by molar-refractivity contribution is -0.139. The summed E-state index contributed by atoms with van der Waals surface area (Å²) in [6.45, 7) is 2.97. The highest BCUT2D eigenvalue weighted by atomic mass is 35.5. The summed E-state index contributed by atoms with van der Waals surface area (Å²) in [7, 11) is -4.27. The second kappa shape index (κ2) is 12.4. The van der Waals surface area contributed by atoms with Gasteiger partial charge in [0.25, 0.3) is 10.0 Å². The van der Waals surface area contributed by atoms with E-state index in [4.69, 9.17) is 23.2 Å². The summed E-state index contributed by atoms with van der Waals surface area (Å²) in [5.74, 6) is -1.64. The van der Waals surface area contributed by atoms with Gasteiger partial charge in [0.2, 0.25) is 11.8 Å². The molecule has 0 radical (unpaired) electrons. The standard InChI is InChI=1S/C26H26Cl2FN3O4S/c1-3-30-26(34)18(2)31(16-19-9-10-20(27)15-24(19)28)25(33)17-32(22-7-5-4-6-8-22)37(35,36)23-13-11-21(29)12-14-23/h4-15,18H,3,16-17H2,1-2H3,(H,30,34). The Hall–Kier alpha value is -3.14. The Bertz CT molecular complexity index is 1360. The molecule has 196 valence electrons. The molecular formula is C26H26Cl2FN3O4S. The number of amides is 2. The first-order valence-corrected chi connectivity index (χ1v) is 13.6. The SMILES string of the molecule is CCNC(=O)C(C)N(Cc1ccc(Cl)cc1Cl)C(=O)CN(c1ccccc1)S(=O)(=O)c1ccc(F)cc1. The van der Waals surface area contributed by atoms with Gasteiger partial charge in [-0.2, -0.15) is 0 Å². The normalized spacial score (nSPS) is 12.0. The van der Waals surface area contributed by atoms with Crippen molar-refractivity contribution in [3.8, 4) is 0 Å². The number of anilines is 1. The van der Waals surface area contributed by atoms with Crippen LogP contribution in [0.15, 0.2) is 77.7 Å². The van der Waals surface area contributed by atoms with E-state index in [1.165, 1.54) is 11.0 Å². The fraction of sp³-hybridized carbons (Fsp3) is 0.231. The molecule has 0 heterocycles. The van der Waals surface area contributed by atoms with Gasteiger partial charge in [-0.25, -0.2) is 12.8 Å². The smallest absolute Gasteiger partial charge is 0.264 e. The second-order valence-corrected chi connectivity index (χ2v) is 10.8. The van der Waals surface area contributed by atoms with Crippen LogP contribution in [-0.2, 0) is 26.2 Å². The van der Waals surface area contributed by atoms with Crippen LogP contribution < -0.4 is 9.62 Å². The number of rotatable bonds is 10. The number of likely N-dealkylation sites (N-methyl/N-ethyl adjacent to an activating group) is 1. The molecule has 3 aromatic carbocycles. The van der Waals surface area contributed by atoms with Crippen LogP contribution >= 0.6 is 23.2 Å². The highest BCUT2D eigenvalue weighted by molar-refractivity contribution is 7.92. The molecule has 0 fully saturated rings. The predicted molar refractivity (Wildman–Crippen MR) is 143 cm³/mol. The van der Waals surface area contributed by atoms with E-state index in [1.54, 1.807) is 56.3 Å². The number of carbonyl (C=O) groups excluding carboxylic acids is 2. The molecule has 1 unspecified atom stereocenters. The number of para-hydroxylation sites is 1. The zero-order chi connectivity index (χ0) is 27.2. The Morgan fingerprint density at radius 1 is 1.00 bits per heavy atom.